The van der Waals surface area contributed by atoms with Crippen molar-refractivity contribution in [1.82, 2.24) is 14.1 Å². The lowest BCUT2D eigenvalue weighted by Crippen LogP contribution is -2.34. The summed E-state index contributed by atoms with van der Waals surface area (Å²) in [6, 6.07) is 3.80. The lowest BCUT2D eigenvalue weighted by molar-refractivity contribution is 0.441. The molecule has 0 atom stereocenters. The maximum absolute atomic E-state index is 12.6. The third-order valence-electron chi connectivity index (χ3n) is 3.71. The standard InChI is InChI=1S/C14H17N3O2S2/c1-11-6-10-20-14(11)21(18,19)17-8-4-12(5-9-17)13-3-7-15-16(13)2/h3-4,6-7,10H,5,8-9H2,1-2H3. The molecule has 3 heterocycles. The molecule has 2 aromatic rings. The van der Waals surface area contributed by atoms with E-state index in [4.69, 9.17) is 0 Å². The van der Waals surface area contributed by atoms with E-state index in [1.54, 1.807) is 10.5 Å². The van der Waals surface area contributed by atoms with Crippen LogP contribution in [0, 0.1) is 6.92 Å². The molecule has 0 saturated heterocycles. The van der Waals surface area contributed by atoms with Crippen molar-refractivity contribution in [3.05, 3.63) is 41.0 Å². The fourth-order valence-electron chi connectivity index (χ4n) is 2.53. The Morgan fingerprint density at radius 2 is 2.14 bits per heavy atom. The van der Waals surface area contributed by atoms with E-state index in [0.717, 1.165) is 16.8 Å². The van der Waals surface area contributed by atoms with E-state index in [0.29, 0.717) is 23.7 Å². The molecule has 0 radical (unpaired) electrons. The van der Waals surface area contributed by atoms with E-state index in [-0.39, 0.29) is 0 Å². The monoisotopic (exact) mass is 323 g/mol. The van der Waals surface area contributed by atoms with Gasteiger partial charge < -0.3 is 0 Å². The number of aromatic nitrogens is 2. The van der Waals surface area contributed by atoms with E-state index >= 15 is 0 Å². The molecule has 1 aliphatic heterocycles. The molecule has 21 heavy (non-hydrogen) atoms. The number of aryl methyl sites for hydroxylation is 2. The van der Waals surface area contributed by atoms with Gasteiger partial charge in [0.25, 0.3) is 10.0 Å². The fourth-order valence-corrected chi connectivity index (χ4v) is 5.46. The summed E-state index contributed by atoms with van der Waals surface area (Å²) in [6.07, 6.45) is 4.46. The zero-order valence-electron chi connectivity index (χ0n) is 12.0. The van der Waals surface area contributed by atoms with Crippen LogP contribution < -0.4 is 0 Å². The van der Waals surface area contributed by atoms with Crippen molar-refractivity contribution in [2.24, 2.45) is 7.05 Å². The summed E-state index contributed by atoms with van der Waals surface area (Å²) in [4.78, 5) is 0. The van der Waals surface area contributed by atoms with Crippen molar-refractivity contribution in [3.8, 4) is 0 Å². The average Bonchev–Trinajstić information content (AvgIpc) is 3.08. The van der Waals surface area contributed by atoms with Gasteiger partial charge >= 0.3 is 0 Å². The van der Waals surface area contributed by atoms with Crippen molar-refractivity contribution in [2.45, 2.75) is 17.6 Å². The number of hydrogen-bond acceptors (Lipinski definition) is 4. The normalized spacial score (nSPS) is 17.0. The molecule has 0 bridgehead atoms. The second-order valence-electron chi connectivity index (χ2n) is 5.07. The van der Waals surface area contributed by atoms with Gasteiger partial charge in [-0.05, 0) is 42.0 Å². The molecule has 0 saturated carbocycles. The van der Waals surface area contributed by atoms with Crippen molar-refractivity contribution in [1.29, 1.82) is 0 Å². The van der Waals surface area contributed by atoms with Gasteiger partial charge in [-0.1, -0.05) is 6.08 Å². The molecular weight excluding hydrogens is 306 g/mol. The van der Waals surface area contributed by atoms with Gasteiger partial charge in [-0.15, -0.1) is 11.3 Å². The Hall–Kier alpha value is -1.44. The van der Waals surface area contributed by atoms with Crippen LogP contribution in [-0.4, -0.2) is 35.6 Å². The topological polar surface area (TPSA) is 55.2 Å². The van der Waals surface area contributed by atoms with E-state index < -0.39 is 10.0 Å². The summed E-state index contributed by atoms with van der Waals surface area (Å²) in [5.41, 5.74) is 3.03. The zero-order valence-corrected chi connectivity index (χ0v) is 13.6. The Morgan fingerprint density at radius 1 is 1.33 bits per heavy atom. The first-order valence-electron chi connectivity index (χ1n) is 6.72. The number of thiophene rings is 1. The van der Waals surface area contributed by atoms with E-state index in [9.17, 15) is 8.42 Å². The van der Waals surface area contributed by atoms with Gasteiger partial charge in [0.15, 0.2) is 0 Å². The van der Waals surface area contributed by atoms with Crippen LogP contribution in [0.25, 0.3) is 5.57 Å². The van der Waals surface area contributed by atoms with Crippen molar-refractivity contribution in [3.63, 3.8) is 0 Å². The minimum absolute atomic E-state index is 0.417. The highest BCUT2D eigenvalue weighted by molar-refractivity contribution is 7.91. The molecule has 3 rings (SSSR count). The maximum atomic E-state index is 12.6. The second kappa shape index (κ2) is 5.40. The van der Waals surface area contributed by atoms with Crippen LogP contribution in [0.1, 0.15) is 17.7 Å². The SMILES string of the molecule is Cc1ccsc1S(=O)(=O)N1CC=C(c2ccnn2C)CC1. The zero-order chi connectivity index (χ0) is 15.0. The van der Waals surface area contributed by atoms with Crippen LogP contribution in [0.5, 0.6) is 0 Å². The van der Waals surface area contributed by atoms with Crippen LogP contribution in [0.15, 0.2) is 34.0 Å². The Labute approximate surface area is 128 Å². The molecule has 0 aliphatic carbocycles. The molecule has 112 valence electrons. The molecule has 5 nitrogen and oxygen atoms in total. The highest BCUT2D eigenvalue weighted by Gasteiger charge is 2.28. The van der Waals surface area contributed by atoms with Crippen LogP contribution in [0.4, 0.5) is 0 Å². The lowest BCUT2D eigenvalue weighted by atomic mass is 10.1. The van der Waals surface area contributed by atoms with Crippen LogP contribution >= 0.6 is 11.3 Å². The quantitative estimate of drug-likeness (QED) is 0.871. The molecular formula is C14H17N3O2S2. The molecule has 0 unspecified atom stereocenters. The van der Waals surface area contributed by atoms with E-state index in [1.165, 1.54) is 11.3 Å². The Balaban J connectivity index is 1.84. The average molecular weight is 323 g/mol. The van der Waals surface area contributed by atoms with E-state index in [1.807, 2.05) is 42.2 Å². The highest BCUT2D eigenvalue weighted by Crippen LogP contribution is 2.29. The molecule has 0 fully saturated rings. The number of hydrogen-bond donors (Lipinski definition) is 0. The van der Waals surface area contributed by atoms with Crippen molar-refractivity contribution in [2.75, 3.05) is 13.1 Å². The largest absolute Gasteiger partial charge is 0.268 e. The van der Waals surface area contributed by atoms with Gasteiger partial charge in [-0.3, -0.25) is 4.68 Å². The smallest absolute Gasteiger partial charge is 0.253 e. The molecule has 0 N–H and O–H groups in total. The Bertz CT molecular complexity index is 787. The maximum Gasteiger partial charge on any atom is 0.253 e. The van der Waals surface area contributed by atoms with Crippen molar-refractivity contribution < 1.29 is 8.42 Å². The first-order chi connectivity index (χ1) is 10.00. The third kappa shape index (κ3) is 2.56. The summed E-state index contributed by atoms with van der Waals surface area (Å²) in [7, 11) is -1.47. The predicted octanol–water partition coefficient (Wildman–Crippen LogP) is 2.27. The molecule has 1 aliphatic rings. The van der Waals surface area contributed by atoms with Gasteiger partial charge in [0.2, 0.25) is 0 Å². The summed E-state index contributed by atoms with van der Waals surface area (Å²) in [6.45, 7) is 2.76. The number of rotatable bonds is 3. The van der Waals surface area contributed by atoms with Crippen LogP contribution in [-0.2, 0) is 17.1 Å². The lowest BCUT2D eigenvalue weighted by Gasteiger charge is -2.25. The van der Waals surface area contributed by atoms with Gasteiger partial charge in [0, 0.05) is 26.3 Å². The van der Waals surface area contributed by atoms with Crippen molar-refractivity contribution >= 4 is 26.9 Å². The van der Waals surface area contributed by atoms with Crippen LogP contribution in [0.3, 0.4) is 0 Å². The summed E-state index contributed by atoms with van der Waals surface area (Å²) in [5, 5.41) is 5.98. The highest BCUT2D eigenvalue weighted by atomic mass is 32.2. The van der Waals surface area contributed by atoms with Gasteiger partial charge in [0.1, 0.15) is 4.21 Å². The van der Waals surface area contributed by atoms with E-state index in [2.05, 4.69) is 5.10 Å². The number of sulfonamides is 1. The van der Waals surface area contributed by atoms with Crippen LogP contribution in [0.2, 0.25) is 0 Å². The van der Waals surface area contributed by atoms with Gasteiger partial charge in [-0.2, -0.15) is 9.40 Å². The molecule has 2 aromatic heterocycles. The van der Waals surface area contributed by atoms with Gasteiger partial charge in [0.05, 0.1) is 5.69 Å². The summed E-state index contributed by atoms with van der Waals surface area (Å²) >= 11 is 1.29. The molecule has 7 heteroatoms. The fraction of sp³-hybridized carbons (Fsp3) is 0.357. The molecule has 0 aromatic carbocycles. The molecule has 0 spiro atoms. The van der Waals surface area contributed by atoms with Gasteiger partial charge in [-0.25, -0.2) is 8.42 Å². The Morgan fingerprint density at radius 3 is 2.67 bits per heavy atom. The third-order valence-corrected chi connectivity index (χ3v) is 7.24. The number of nitrogens with zero attached hydrogens (tertiary/aromatic N) is 3. The molecule has 0 amide bonds. The first-order valence-corrected chi connectivity index (χ1v) is 9.04. The summed E-state index contributed by atoms with van der Waals surface area (Å²) < 4.78 is 29.1. The second-order valence-corrected chi connectivity index (χ2v) is 8.12. The Kier molecular flexibility index (Phi) is 3.73. The predicted molar refractivity (Wildman–Crippen MR) is 83.6 cm³/mol. The minimum Gasteiger partial charge on any atom is -0.268 e. The summed E-state index contributed by atoms with van der Waals surface area (Å²) in [5.74, 6) is 0. The minimum atomic E-state index is -3.37. The first kappa shape index (κ1) is 14.5.